The minimum Gasteiger partial charge on any atom is -0.393 e. The number of ether oxygens (including phenoxy) is 2. The number of hydrogen-bond acceptors (Lipinski definition) is 6. The summed E-state index contributed by atoms with van der Waals surface area (Å²) in [6, 6.07) is 0. The molecule has 6 nitrogen and oxygen atoms in total. The third-order valence-corrected chi connectivity index (χ3v) is 4.40. The first kappa shape index (κ1) is 9.50. The molecule has 1 aliphatic carbocycles. The molecule has 0 radical (unpaired) electrons. The van der Waals surface area contributed by atoms with Gasteiger partial charge in [-0.1, -0.05) is 0 Å². The highest BCUT2D eigenvalue weighted by atomic mass is 16.6. The zero-order valence-corrected chi connectivity index (χ0v) is 8.60. The summed E-state index contributed by atoms with van der Waals surface area (Å²) in [7, 11) is 0. The number of carbonyl (C=O) groups excluding carboxylic acids is 4. The molecule has 3 unspecified atom stereocenters. The van der Waals surface area contributed by atoms with Gasteiger partial charge >= 0.3 is 23.9 Å². The summed E-state index contributed by atoms with van der Waals surface area (Å²) in [6.07, 6.45) is 0. The molecule has 3 rings (SSSR count). The van der Waals surface area contributed by atoms with Gasteiger partial charge in [0, 0.05) is 0 Å². The van der Waals surface area contributed by atoms with Crippen molar-refractivity contribution >= 4 is 23.9 Å². The number of carbonyl (C=O) groups is 4. The Hall–Kier alpha value is -1.72. The fourth-order valence-electron chi connectivity index (χ4n) is 3.16. The number of esters is 4. The van der Waals surface area contributed by atoms with Gasteiger partial charge < -0.3 is 9.47 Å². The van der Waals surface area contributed by atoms with Gasteiger partial charge in [-0.2, -0.15) is 0 Å². The van der Waals surface area contributed by atoms with Crippen LogP contribution in [0.15, 0.2) is 0 Å². The van der Waals surface area contributed by atoms with Crippen molar-refractivity contribution in [1.29, 1.82) is 0 Å². The molecule has 3 fully saturated rings. The second-order valence-electron chi connectivity index (χ2n) is 4.78. The molecule has 6 heteroatoms. The highest BCUT2D eigenvalue weighted by Crippen LogP contribution is 2.70. The van der Waals surface area contributed by atoms with E-state index < -0.39 is 46.5 Å². The Bertz CT molecular complexity index is 438. The first-order valence-corrected chi connectivity index (χ1v) is 4.87. The molecule has 0 aromatic carbocycles. The number of rotatable bonds is 0. The van der Waals surface area contributed by atoms with Crippen LogP contribution in [0.25, 0.3) is 0 Å². The minimum atomic E-state index is -1.25. The van der Waals surface area contributed by atoms with E-state index in [1.54, 1.807) is 0 Å². The molecule has 84 valence electrons. The maximum atomic E-state index is 11.6. The van der Waals surface area contributed by atoms with E-state index in [9.17, 15) is 19.2 Å². The van der Waals surface area contributed by atoms with E-state index in [0.717, 1.165) is 0 Å². The zero-order chi connectivity index (χ0) is 11.9. The molecule has 1 saturated carbocycles. The lowest BCUT2D eigenvalue weighted by molar-refractivity contribution is -0.181. The van der Waals surface area contributed by atoms with Crippen molar-refractivity contribution in [3.63, 3.8) is 0 Å². The van der Waals surface area contributed by atoms with Gasteiger partial charge in [-0.05, 0) is 13.8 Å². The van der Waals surface area contributed by atoms with Crippen molar-refractivity contribution in [3.8, 4) is 0 Å². The van der Waals surface area contributed by atoms with E-state index in [4.69, 9.17) is 0 Å². The molecular formula is C10H8O6. The standard InChI is InChI=1S/C10H8O6/c1-9-3-4(6(12)15-5(3)11)10(9,2)8(14)16-7(9)13/h3-4H,1-2H3/t3-,4?,9?,10?/m0/s1. The lowest BCUT2D eigenvalue weighted by atomic mass is 9.41. The average Bonchev–Trinajstić information content (AvgIpc) is 2.54. The van der Waals surface area contributed by atoms with Gasteiger partial charge in [0.25, 0.3) is 0 Å². The van der Waals surface area contributed by atoms with E-state index in [1.807, 2.05) is 0 Å². The number of hydrogen-bond donors (Lipinski definition) is 0. The molecule has 0 bridgehead atoms. The molecule has 0 amide bonds. The summed E-state index contributed by atoms with van der Waals surface area (Å²) in [5.41, 5.74) is -2.50. The van der Waals surface area contributed by atoms with Gasteiger partial charge in [0.15, 0.2) is 0 Å². The highest BCUT2D eigenvalue weighted by Gasteiger charge is 2.86. The summed E-state index contributed by atoms with van der Waals surface area (Å²) < 4.78 is 9.02. The van der Waals surface area contributed by atoms with Crippen molar-refractivity contribution < 1.29 is 28.7 Å². The molecular weight excluding hydrogens is 216 g/mol. The molecule has 0 aromatic rings. The van der Waals surface area contributed by atoms with Crippen LogP contribution in [-0.4, -0.2) is 23.9 Å². The average molecular weight is 224 g/mol. The van der Waals surface area contributed by atoms with Crippen LogP contribution in [0.1, 0.15) is 13.8 Å². The Kier molecular flexibility index (Phi) is 1.30. The molecule has 0 aromatic heterocycles. The van der Waals surface area contributed by atoms with Gasteiger partial charge in [-0.25, -0.2) is 0 Å². The Morgan fingerprint density at radius 2 is 1.19 bits per heavy atom. The summed E-state index contributed by atoms with van der Waals surface area (Å²) in [4.78, 5) is 46.1. The van der Waals surface area contributed by atoms with E-state index in [2.05, 4.69) is 9.47 Å². The number of fused-ring (bicyclic) bond motifs is 4. The van der Waals surface area contributed by atoms with E-state index in [0.29, 0.717) is 0 Å². The minimum absolute atomic E-state index is 0.735. The molecule has 16 heavy (non-hydrogen) atoms. The van der Waals surface area contributed by atoms with Crippen LogP contribution in [0.4, 0.5) is 0 Å². The van der Waals surface area contributed by atoms with Gasteiger partial charge in [-0.3, -0.25) is 19.2 Å². The lowest BCUT2D eigenvalue weighted by Crippen LogP contribution is -2.65. The van der Waals surface area contributed by atoms with Crippen LogP contribution >= 0.6 is 0 Å². The first-order chi connectivity index (χ1) is 7.35. The van der Waals surface area contributed by atoms with Crippen LogP contribution in [-0.2, 0) is 28.7 Å². The summed E-state index contributed by atoms with van der Waals surface area (Å²) in [5, 5.41) is 0. The van der Waals surface area contributed by atoms with Crippen LogP contribution in [0.3, 0.4) is 0 Å². The third kappa shape index (κ3) is 0.594. The van der Waals surface area contributed by atoms with Crippen molar-refractivity contribution in [2.24, 2.45) is 22.7 Å². The maximum absolute atomic E-state index is 11.6. The Morgan fingerprint density at radius 3 is 1.56 bits per heavy atom. The second-order valence-corrected chi connectivity index (χ2v) is 4.78. The van der Waals surface area contributed by atoms with Crippen LogP contribution in [0.2, 0.25) is 0 Å². The van der Waals surface area contributed by atoms with Gasteiger partial charge in [-0.15, -0.1) is 0 Å². The second kappa shape index (κ2) is 2.18. The fourth-order valence-corrected chi connectivity index (χ4v) is 3.16. The molecule has 3 aliphatic rings. The van der Waals surface area contributed by atoms with Crippen LogP contribution in [0.5, 0.6) is 0 Å². The normalized spacial score (nSPS) is 49.4. The van der Waals surface area contributed by atoms with Crippen molar-refractivity contribution in [3.05, 3.63) is 0 Å². The van der Waals surface area contributed by atoms with Crippen molar-refractivity contribution in [2.45, 2.75) is 13.8 Å². The fraction of sp³-hybridized carbons (Fsp3) is 0.600. The highest BCUT2D eigenvalue weighted by molar-refractivity contribution is 6.14. The molecule has 0 N–H and O–H groups in total. The third-order valence-electron chi connectivity index (χ3n) is 4.40. The van der Waals surface area contributed by atoms with Gasteiger partial charge in [0.2, 0.25) is 0 Å². The quantitative estimate of drug-likeness (QED) is 0.404. The first-order valence-electron chi connectivity index (χ1n) is 4.87. The van der Waals surface area contributed by atoms with Gasteiger partial charge in [0.1, 0.15) is 0 Å². The van der Waals surface area contributed by atoms with Crippen LogP contribution in [0, 0.1) is 22.7 Å². The van der Waals surface area contributed by atoms with E-state index in [1.165, 1.54) is 13.8 Å². The predicted molar refractivity (Wildman–Crippen MR) is 45.4 cm³/mol. The van der Waals surface area contributed by atoms with Crippen molar-refractivity contribution in [1.82, 2.24) is 0 Å². The Balaban J connectivity index is 2.21. The van der Waals surface area contributed by atoms with Gasteiger partial charge in [0.05, 0.1) is 22.7 Å². The molecule has 2 saturated heterocycles. The smallest absolute Gasteiger partial charge is 0.321 e. The lowest BCUT2D eigenvalue weighted by Gasteiger charge is -2.51. The summed E-state index contributed by atoms with van der Waals surface area (Å²) in [5.74, 6) is -4.70. The topological polar surface area (TPSA) is 86.7 Å². The Labute approximate surface area is 89.9 Å². The molecule has 2 aliphatic heterocycles. The molecule has 4 atom stereocenters. The zero-order valence-electron chi connectivity index (χ0n) is 8.60. The van der Waals surface area contributed by atoms with Crippen LogP contribution < -0.4 is 0 Å². The SMILES string of the molecule is CC12C(=O)OC(=O)C1(C)[C@@H]1C(=O)OC(=O)C12. The van der Waals surface area contributed by atoms with Crippen molar-refractivity contribution in [2.75, 3.05) is 0 Å². The van der Waals surface area contributed by atoms with E-state index in [-0.39, 0.29) is 0 Å². The largest absolute Gasteiger partial charge is 0.393 e. The number of cyclic esters (lactones) is 4. The summed E-state index contributed by atoms with van der Waals surface area (Å²) >= 11 is 0. The monoisotopic (exact) mass is 224 g/mol. The molecule has 2 heterocycles. The summed E-state index contributed by atoms with van der Waals surface area (Å²) in [6.45, 7) is 2.95. The maximum Gasteiger partial charge on any atom is 0.321 e. The van der Waals surface area contributed by atoms with E-state index >= 15 is 0 Å². The predicted octanol–water partition coefficient (Wildman–Crippen LogP) is -0.588. The molecule has 0 spiro atoms. The Morgan fingerprint density at radius 1 is 0.812 bits per heavy atom.